The Balaban J connectivity index is 1.67. The van der Waals surface area contributed by atoms with Gasteiger partial charge >= 0.3 is 0 Å². The SMILES string of the molecule is CC(C)CCN1CCN(C(=O)c2cccc3ccccc23)CC1. The van der Waals surface area contributed by atoms with E-state index in [0.29, 0.717) is 0 Å². The minimum atomic E-state index is 0.172. The van der Waals surface area contributed by atoms with Gasteiger partial charge in [0.2, 0.25) is 0 Å². The van der Waals surface area contributed by atoms with E-state index in [2.05, 4.69) is 30.9 Å². The van der Waals surface area contributed by atoms with E-state index in [0.717, 1.165) is 55.0 Å². The lowest BCUT2D eigenvalue weighted by molar-refractivity contribution is 0.0634. The largest absolute Gasteiger partial charge is 0.336 e. The van der Waals surface area contributed by atoms with Crippen LogP contribution in [0.3, 0.4) is 0 Å². The first-order valence-electron chi connectivity index (χ1n) is 8.64. The van der Waals surface area contributed by atoms with Crippen molar-refractivity contribution in [1.82, 2.24) is 9.80 Å². The van der Waals surface area contributed by atoms with Gasteiger partial charge in [0.05, 0.1) is 0 Å². The van der Waals surface area contributed by atoms with Gasteiger partial charge in [-0.1, -0.05) is 50.2 Å². The topological polar surface area (TPSA) is 23.6 Å². The third kappa shape index (κ3) is 3.73. The number of piperazine rings is 1. The molecule has 1 heterocycles. The van der Waals surface area contributed by atoms with Gasteiger partial charge in [-0.25, -0.2) is 0 Å². The van der Waals surface area contributed by atoms with E-state index in [4.69, 9.17) is 0 Å². The number of carbonyl (C=O) groups excluding carboxylic acids is 1. The smallest absolute Gasteiger partial charge is 0.254 e. The van der Waals surface area contributed by atoms with Crippen molar-refractivity contribution >= 4 is 16.7 Å². The third-order valence-electron chi connectivity index (χ3n) is 4.70. The van der Waals surface area contributed by atoms with Crippen molar-refractivity contribution in [2.75, 3.05) is 32.7 Å². The summed E-state index contributed by atoms with van der Waals surface area (Å²) in [6.45, 7) is 9.32. The van der Waals surface area contributed by atoms with Gasteiger partial charge < -0.3 is 4.90 Å². The van der Waals surface area contributed by atoms with E-state index in [1.54, 1.807) is 0 Å². The second-order valence-corrected chi connectivity index (χ2v) is 6.84. The second-order valence-electron chi connectivity index (χ2n) is 6.84. The minimum absolute atomic E-state index is 0.172. The highest BCUT2D eigenvalue weighted by Gasteiger charge is 2.23. The molecule has 23 heavy (non-hydrogen) atoms. The van der Waals surface area contributed by atoms with Crippen molar-refractivity contribution in [2.24, 2.45) is 5.92 Å². The van der Waals surface area contributed by atoms with Crippen LogP contribution < -0.4 is 0 Å². The molecule has 1 fully saturated rings. The summed E-state index contributed by atoms with van der Waals surface area (Å²) < 4.78 is 0. The molecule has 0 atom stereocenters. The molecule has 1 amide bonds. The minimum Gasteiger partial charge on any atom is -0.336 e. The van der Waals surface area contributed by atoms with E-state index in [9.17, 15) is 4.79 Å². The van der Waals surface area contributed by atoms with Crippen LogP contribution in [0.15, 0.2) is 42.5 Å². The molecular formula is C20H26N2O. The zero-order valence-electron chi connectivity index (χ0n) is 14.2. The summed E-state index contributed by atoms with van der Waals surface area (Å²) >= 11 is 0. The van der Waals surface area contributed by atoms with Crippen LogP contribution in [0.4, 0.5) is 0 Å². The fraction of sp³-hybridized carbons (Fsp3) is 0.450. The highest BCUT2D eigenvalue weighted by atomic mass is 16.2. The Morgan fingerprint density at radius 1 is 1.00 bits per heavy atom. The summed E-state index contributed by atoms with van der Waals surface area (Å²) in [7, 11) is 0. The highest BCUT2D eigenvalue weighted by molar-refractivity contribution is 6.07. The molecular weight excluding hydrogens is 284 g/mol. The van der Waals surface area contributed by atoms with E-state index >= 15 is 0 Å². The van der Waals surface area contributed by atoms with Gasteiger partial charge in [0.25, 0.3) is 5.91 Å². The van der Waals surface area contributed by atoms with Crippen molar-refractivity contribution in [1.29, 1.82) is 0 Å². The normalized spacial score (nSPS) is 16.2. The predicted molar refractivity (Wildman–Crippen MR) is 95.7 cm³/mol. The van der Waals surface area contributed by atoms with Crippen LogP contribution in [0.2, 0.25) is 0 Å². The average Bonchev–Trinajstić information content (AvgIpc) is 2.59. The number of carbonyl (C=O) groups is 1. The molecule has 3 nitrogen and oxygen atoms in total. The number of rotatable bonds is 4. The van der Waals surface area contributed by atoms with Crippen LogP contribution in [0.25, 0.3) is 10.8 Å². The summed E-state index contributed by atoms with van der Waals surface area (Å²) in [5.41, 5.74) is 0.832. The van der Waals surface area contributed by atoms with Crippen LogP contribution in [0, 0.1) is 5.92 Å². The van der Waals surface area contributed by atoms with Crippen LogP contribution in [0.5, 0.6) is 0 Å². The van der Waals surface area contributed by atoms with Crippen molar-refractivity contribution < 1.29 is 4.79 Å². The number of amides is 1. The molecule has 0 N–H and O–H groups in total. The van der Waals surface area contributed by atoms with E-state index in [1.165, 1.54) is 6.42 Å². The molecule has 0 aliphatic carbocycles. The monoisotopic (exact) mass is 310 g/mol. The number of nitrogens with zero attached hydrogens (tertiary/aromatic N) is 2. The molecule has 3 rings (SSSR count). The van der Waals surface area contributed by atoms with Crippen molar-refractivity contribution in [3.63, 3.8) is 0 Å². The fourth-order valence-electron chi connectivity index (χ4n) is 3.20. The maximum Gasteiger partial charge on any atom is 0.254 e. The van der Waals surface area contributed by atoms with Gasteiger partial charge in [0, 0.05) is 31.7 Å². The summed E-state index contributed by atoms with van der Waals surface area (Å²) in [4.78, 5) is 17.4. The lowest BCUT2D eigenvalue weighted by Gasteiger charge is -2.35. The zero-order chi connectivity index (χ0) is 16.2. The number of hydrogen-bond donors (Lipinski definition) is 0. The Kier molecular flexibility index (Phi) is 4.97. The molecule has 0 aromatic heterocycles. The number of benzene rings is 2. The summed E-state index contributed by atoms with van der Waals surface area (Å²) in [5, 5.41) is 2.19. The van der Waals surface area contributed by atoms with Crippen molar-refractivity contribution in [3.8, 4) is 0 Å². The molecule has 0 bridgehead atoms. The fourth-order valence-corrected chi connectivity index (χ4v) is 3.20. The van der Waals surface area contributed by atoms with Gasteiger partial charge in [-0.3, -0.25) is 9.69 Å². The van der Waals surface area contributed by atoms with Crippen molar-refractivity contribution in [2.45, 2.75) is 20.3 Å². The first kappa shape index (κ1) is 16.0. The molecule has 0 radical (unpaired) electrons. The first-order valence-corrected chi connectivity index (χ1v) is 8.64. The van der Waals surface area contributed by atoms with Crippen LogP contribution >= 0.6 is 0 Å². The molecule has 0 unspecified atom stereocenters. The average molecular weight is 310 g/mol. The van der Waals surface area contributed by atoms with Crippen LogP contribution in [-0.2, 0) is 0 Å². The zero-order valence-corrected chi connectivity index (χ0v) is 14.2. The second kappa shape index (κ2) is 7.14. The molecule has 122 valence electrons. The van der Waals surface area contributed by atoms with Gasteiger partial charge in [0.15, 0.2) is 0 Å². The molecule has 0 spiro atoms. The molecule has 1 aliphatic heterocycles. The first-order chi connectivity index (χ1) is 11.1. The van der Waals surface area contributed by atoms with E-state index < -0.39 is 0 Å². The number of fused-ring (bicyclic) bond motifs is 1. The quantitative estimate of drug-likeness (QED) is 0.860. The van der Waals surface area contributed by atoms with Gasteiger partial charge in [0.1, 0.15) is 0 Å². The maximum atomic E-state index is 12.9. The third-order valence-corrected chi connectivity index (χ3v) is 4.70. The van der Waals surface area contributed by atoms with Crippen LogP contribution in [-0.4, -0.2) is 48.4 Å². The summed E-state index contributed by atoms with van der Waals surface area (Å²) in [6.07, 6.45) is 1.23. The number of hydrogen-bond acceptors (Lipinski definition) is 2. The molecule has 0 saturated carbocycles. The Hall–Kier alpha value is -1.87. The Bertz CT molecular complexity index is 667. The summed E-state index contributed by atoms with van der Waals surface area (Å²) in [6, 6.07) is 14.1. The van der Waals surface area contributed by atoms with Gasteiger partial charge in [-0.05, 0) is 35.7 Å². The van der Waals surface area contributed by atoms with Crippen LogP contribution in [0.1, 0.15) is 30.6 Å². The molecule has 1 aliphatic rings. The molecule has 2 aromatic carbocycles. The Morgan fingerprint density at radius 2 is 1.70 bits per heavy atom. The molecule has 3 heteroatoms. The maximum absolute atomic E-state index is 12.9. The highest BCUT2D eigenvalue weighted by Crippen LogP contribution is 2.20. The lowest BCUT2D eigenvalue weighted by atomic mass is 10.0. The predicted octanol–water partition coefficient (Wildman–Crippen LogP) is 3.64. The summed E-state index contributed by atoms with van der Waals surface area (Å²) in [5.74, 6) is 0.913. The molecule has 1 saturated heterocycles. The van der Waals surface area contributed by atoms with E-state index in [1.807, 2.05) is 35.2 Å². The van der Waals surface area contributed by atoms with Gasteiger partial charge in [-0.2, -0.15) is 0 Å². The van der Waals surface area contributed by atoms with Crippen molar-refractivity contribution in [3.05, 3.63) is 48.0 Å². The van der Waals surface area contributed by atoms with E-state index in [-0.39, 0.29) is 5.91 Å². The molecule has 2 aromatic rings. The lowest BCUT2D eigenvalue weighted by Crippen LogP contribution is -2.49. The van der Waals surface area contributed by atoms with Gasteiger partial charge in [-0.15, -0.1) is 0 Å². The standard InChI is InChI=1S/C20H26N2O/c1-16(2)10-11-21-12-14-22(15-13-21)20(23)19-9-5-7-17-6-3-4-8-18(17)19/h3-9,16H,10-15H2,1-2H3. The Labute approximate surface area is 138 Å². The Morgan fingerprint density at radius 3 is 2.43 bits per heavy atom.